The van der Waals surface area contributed by atoms with Crippen LogP contribution in [0.3, 0.4) is 0 Å². The maximum absolute atomic E-state index is 10.6. The van der Waals surface area contributed by atoms with Crippen molar-refractivity contribution in [1.29, 1.82) is 5.26 Å². The number of fused-ring (bicyclic) bond motifs is 1. The number of aromatic nitrogens is 7. The molecule has 0 aliphatic rings. The number of H-pyrrole nitrogens is 1. The Labute approximate surface area is 207 Å². The molecule has 37 heavy (non-hydrogen) atoms. The van der Waals surface area contributed by atoms with E-state index in [1.54, 1.807) is 35.7 Å². The molecule has 0 spiro atoms. The predicted octanol–water partition coefficient (Wildman–Crippen LogP) is 4.41. The molecule has 5 aromatic rings. The van der Waals surface area contributed by atoms with Gasteiger partial charge < -0.3 is 10.1 Å². The molecule has 0 bridgehead atoms. The van der Waals surface area contributed by atoms with Crippen LogP contribution in [0.4, 0.5) is 13.2 Å². The molecule has 0 aliphatic carbocycles. The van der Waals surface area contributed by atoms with Crippen LogP contribution in [0.2, 0.25) is 0 Å². The van der Waals surface area contributed by atoms with Crippen LogP contribution in [-0.2, 0) is 4.79 Å². The van der Waals surface area contributed by atoms with Gasteiger partial charge in [-0.15, -0.1) is 0 Å². The first-order chi connectivity index (χ1) is 17.8. The summed E-state index contributed by atoms with van der Waals surface area (Å²) in [7, 11) is 0. The number of nitrogens with zero attached hydrogens (tertiary/aromatic N) is 7. The fraction of sp³-hybridized carbons (Fsp3) is 0.125. The van der Waals surface area contributed by atoms with E-state index in [9.17, 15) is 18.4 Å². The lowest BCUT2D eigenvalue weighted by molar-refractivity contribution is -0.192. The molecule has 0 aromatic carbocycles. The van der Waals surface area contributed by atoms with Crippen LogP contribution >= 0.6 is 0 Å². The Morgan fingerprint density at radius 1 is 1.11 bits per heavy atom. The molecule has 2 N–H and O–H groups in total. The number of pyridine rings is 2. The zero-order valence-electron chi connectivity index (χ0n) is 18.8. The van der Waals surface area contributed by atoms with Gasteiger partial charge in [-0.3, -0.25) is 14.6 Å². The van der Waals surface area contributed by atoms with E-state index in [0.717, 1.165) is 39.0 Å². The summed E-state index contributed by atoms with van der Waals surface area (Å²) < 4.78 is 33.5. The Hall–Kier alpha value is -5.12. The van der Waals surface area contributed by atoms with Gasteiger partial charge in [0.1, 0.15) is 12.0 Å². The molecule has 0 radical (unpaired) electrons. The van der Waals surface area contributed by atoms with Crippen molar-refractivity contribution >= 4 is 17.0 Å². The van der Waals surface area contributed by atoms with Crippen molar-refractivity contribution < 1.29 is 23.1 Å². The molecule has 5 aromatic heterocycles. The highest BCUT2D eigenvalue weighted by Gasteiger charge is 2.38. The van der Waals surface area contributed by atoms with Crippen molar-refractivity contribution in [1.82, 2.24) is 34.7 Å². The number of hydrogen-bond acceptors (Lipinski definition) is 7. The summed E-state index contributed by atoms with van der Waals surface area (Å²) >= 11 is 0. The number of hydrogen-bond donors (Lipinski definition) is 2. The first kappa shape index (κ1) is 25.0. The number of nitriles is 1. The van der Waals surface area contributed by atoms with Crippen molar-refractivity contribution in [3.63, 3.8) is 0 Å². The number of carboxylic acids is 1. The Morgan fingerprint density at radius 2 is 1.89 bits per heavy atom. The molecule has 186 valence electrons. The molecule has 1 atom stereocenters. The number of rotatable bonds is 5. The van der Waals surface area contributed by atoms with Crippen molar-refractivity contribution in [2.45, 2.75) is 18.6 Å². The number of nitrogens with one attached hydrogen (secondary N) is 1. The Balaban J connectivity index is 0.000000405. The predicted molar refractivity (Wildman–Crippen MR) is 125 cm³/mol. The first-order valence-electron chi connectivity index (χ1n) is 10.6. The second-order valence-corrected chi connectivity index (χ2v) is 7.60. The summed E-state index contributed by atoms with van der Waals surface area (Å²) in [5, 5.41) is 22.0. The highest BCUT2D eigenvalue weighted by Crippen LogP contribution is 2.29. The number of aliphatic carboxylic acids is 1. The molecule has 5 heterocycles. The summed E-state index contributed by atoms with van der Waals surface area (Å²) in [6.45, 7) is 0. The van der Waals surface area contributed by atoms with E-state index in [0.29, 0.717) is 0 Å². The van der Waals surface area contributed by atoms with Gasteiger partial charge in [0.25, 0.3) is 0 Å². The van der Waals surface area contributed by atoms with Gasteiger partial charge in [0, 0.05) is 59.3 Å². The molecule has 0 aliphatic heterocycles. The summed E-state index contributed by atoms with van der Waals surface area (Å²) in [5.74, 6) is -2.76. The standard InChI is InChI=1S/C22H16N8.C2HF3O2/c23-5-3-20(17-8-16(10-25-11-17)15-2-1-6-24-9-15)30-13-18(12-29-30)21-19-4-7-26-22(19)28-14-27-21;3-2(4,5)1(6)7/h1-2,4,6-14,20H,3H2,(H,26,27,28);(H,6,7). The van der Waals surface area contributed by atoms with Crippen molar-refractivity contribution in [3.05, 3.63) is 79.5 Å². The number of carbonyl (C=O) groups is 1. The van der Waals surface area contributed by atoms with Crippen LogP contribution in [0.5, 0.6) is 0 Å². The zero-order chi connectivity index (χ0) is 26.4. The van der Waals surface area contributed by atoms with Crippen molar-refractivity contribution in [2.24, 2.45) is 0 Å². The van der Waals surface area contributed by atoms with Crippen molar-refractivity contribution in [2.75, 3.05) is 0 Å². The molecular weight excluding hydrogens is 489 g/mol. The third-order valence-electron chi connectivity index (χ3n) is 5.21. The minimum Gasteiger partial charge on any atom is -0.475 e. The van der Waals surface area contributed by atoms with Gasteiger partial charge >= 0.3 is 12.1 Å². The molecule has 10 nitrogen and oxygen atoms in total. The zero-order valence-corrected chi connectivity index (χ0v) is 18.8. The minimum absolute atomic E-state index is 0.267. The quantitative estimate of drug-likeness (QED) is 0.356. The van der Waals surface area contributed by atoms with Crippen LogP contribution in [-0.4, -0.2) is 52.0 Å². The highest BCUT2D eigenvalue weighted by atomic mass is 19.4. The van der Waals surface area contributed by atoms with Crippen LogP contribution in [0.15, 0.2) is 74.0 Å². The summed E-state index contributed by atoms with van der Waals surface area (Å²) in [5.41, 5.74) is 5.25. The monoisotopic (exact) mass is 506 g/mol. The molecule has 0 saturated heterocycles. The second-order valence-electron chi connectivity index (χ2n) is 7.60. The molecule has 13 heteroatoms. The first-order valence-corrected chi connectivity index (χ1v) is 10.6. The maximum atomic E-state index is 10.6. The van der Waals surface area contributed by atoms with E-state index in [1.165, 1.54) is 6.33 Å². The van der Waals surface area contributed by atoms with Gasteiger partial charge in [0.15, 0.2) is 0 Å². The average molecular weight is 506 g/mol. The Bertz CT molecular complexity index is 1560. The van der Waals surface area contributed by atoms with Crippen LogP contribution in [0, 0.1) is 11.3 Å². The lowest BCUT2D eigenvalue weighted by Crippen LogP contribution is -2.21. The topological polar surface area (TPSA) is 146 Å². The minimum atomic E-state index is -5.08. The van der Waals surface area contributed by atoms with Gasteiger partial charge in [-0.05, 0) is 23.8 Å². The van der Waals surface area contributed by atoms with E-state index in [4.69, 9.17) is 9.90 Å². The van der Waals surface area contributed by atoms with E-state index in [-0.39, 0.29) is 12.5 Å². The molecular formula is C24H17F3N8O2. The van der Waals surface area contributed by atoms with E-state index >= 15 is 0 Å². The van der Waals surface area contributed by atoms with Crippen molar-refractivity contribution in [3.8, 4) is 28.5 Å². The van der Waals surface area contributed by atoms with Crippen LogP contribution in [0.25, 0.3) is 33.4 Å². The number of alkyl halides is 3. The number of aromatic amines is 1. The normalized spacial score (nSPS) is 11.8. The Morgan fingerprint density at radius 3 is 2.59 bits per heavy atom. The number of halogens is 3. The molecule has 5 rings (SSSR count). The molecule has 0 amide bonds. The fourth-order valence-corrected chi connectivity index (χ4v) is 3.52. The maximum Gasteiger partial charge on any atom is 0.490 e. The third kappa shape index (κ3) is 5.76. The van der Waals surface area contributed by atoms with E-state index < -0.39 is 12.1 Å². The van der Waals surface area contributed by atoms with Gasteiger partial charge in [-0.1, -0.05) is 6.07 Å². The van der Waals surface area contributed by atoms with Gasteiger partial charge in [0.05, 0.1) is 30.4 Å². The summed E-state index contributed by atoms with van der Waals surface area (Å²) in [6.07, 6.45) is 9.32. The molecule has 0 saturated carbocycles. The lowest BCUT2D eigenvalue weighted by Gasteiger charge is -2.15. The Kier molecular flexibility index (Phi) is 7.19. The van der Waals surface area contributed by atoms with Crippen LogP contribution in [0.1, 0.15) is 18.0 Å². The van der Waals surface area contributed by atoms with E-state index in [1.807, 2.05) is 36.7 Å². The highest BCUT2D eigenvalue weighted by molar-refractivity contribution is 5.90. The SMILES string of the molecule is N#CCC(c1cncc(-c2cccnc2)c1)n1cc(-c2ncnc3[nH]ccc23)cn1.O=C(O)C(F)(F)F. The number of carboxylic acid groups (broad SMARTS) is 1. The average Bonchev–Trinajstić information content (AvgIpc) is 3.58. The fourth-order valence-electron chi connectivity index (χ4n) is 3.52. The van der Waals surface area contributed by atoms with Crippen LogP contribution < -0.4 is 0 Å². The second kappa shape index (κ2) is 10.6. The van der Waals surface area contributed by atoms with E-state index in [2.05, 4.69) is 36.1 Å². The molecule has 0 fully saturated rings. The smallest absolute Gasteiger partial charge is 0.475 e. The summed E-state index contributed by atoms with van der Waals surface area (Å²) in [4.78, 5) is 29.2. The van der Waals surface area contributed by atoms with Gasteiger partial charge in [-0.2, -0.15) is 23.5 Å². The third-order valence-corrected chi connectivity index (χ3v) is 5.21. The largest absolute Gasteiger partial charge is 0.490 e. The van der Waals surface area contributed by atoms with Gasteiger partial charge in [0.2, 0.25) is 0 Å². The lowest BCUT2D eigenvalue weighted by atomic mass is 10.0. The summed E-state index contributed by atoms with van der Waals surface area (Å²) in [6, 6.07) is 9.84. The van der Waals surface area contributed by atoms with Gasteiger partial charge in [-0.25, -0.2) is 14.8 Å². The molecule has 1 unspecified atom stereocenters.